The molecule has 104 valence electrons. The van der Waals surface area contributed by atoms with Crippen LogP contribution in [0.4, 0.5) is 13.6 Å². The first-order valence-electron chi connectivity index (χ1n) is 5.57. The number of carbonyl (C=O) groups excluding carboxylic acids is 2. The summed E-state index contributed by atoms with van der Waals surface area (Å²) < 4.78 is 28.8. The summed E-state index contributed by atoms with van der Waals surface area (Å²) in [6.07, 6.45) is -2.13. The van der Waals surface area contributed by atoms with Gasteiger partial charge in [0.15, 0.2) is 0 Å². The molecule has 1 heterocycles. The molecule has 2 unspecified atom stereocenters. The Bertz CT molecular complexity index is 315. The van der Waals surface area contributed by atoms with E-state index in [4.69, 9.17) is 5.73 Å². The van der Waals surface area contributed by atoms with E-state index in [1.165, 1.54) is 12.0 Å². The number of hydrogen-bond acceptors (Lipinski definition) is 4. The highest BCUT2D eigenvalue weighted by molar-refractivity contribution is 5.76. The fourth-order valence-electron chi connectivity index (χ4n) is 2.02. The highest BCUT2D eigenvalue weighted by Crippen LogP contribution is 2.18. The molecule has 1 rings (SSSR count). The Morgan fingerprint density at radius 2 is 2.17 bits per heavy atom. The van der Waals surface area contributed by atoms with Gasteiger partial charge in [-0.3, -0.25) is 4.79 Å². The predicted octanol–water partition coefficient (Wildman–Crippen LogP) is -0.217. The van der Waals surface area contributed by atoms with Crippen molar-refractivity contribution in [1.29, 1.82) is 0 Å². The molecule has 0 aromatic rings. The van der Waals surface area contributed by atoms with Crippen LogP contribution in [0.1, 0.15) is 6.42 Å². The smallest absolute Gasteiger partial charge is 0.314 e. The largest absolute Gasteiger partial charge is 0.469 e. The first-order chi connectivity index (χ1) is 8.43. The fourth-order valence-corrected chi connectivity index (χ4v) is 2.02. The molecule has 0 spiro atoms. The third-order valence-corrected chi connectivity index (χ3v) is 2.86. The number of nitrogens with one attached hydrogen (secondary N) is 1. The molecule has 2 amide bonds. The minimum atomic E-state index is -2.48. The summed E-state index contributed by atoms with van der Waals surface area (Å²) in [5, 5.41) is 2.61. The van der Waals surface area contributed by atoms with Gasteiger partial charge in [-0.25, -0.2) is 13.6 Å². The Kier molecular flexibility index (Phi) is 5.26. The number of carbonyl (C=O) groups is 2. The number of nitrogens with two attached hydrogens (primary N) is 1. The average molecular weight is 265 g/mol. The molecule has 1 saturated heterocycles. The van der Waals surface area contributed by atoms with Crippen molar-refractivity contribution in [2.24, 2.45) is 11.7 Å². The number of primary amides is 1. The minimum Gasteiger partial charge on any atom is -0.469 e. The van der Waals surface area contributed by atoms with Crippen LogP contribution in [-0.4, -0.2) is 56.1 Å². The molecule has 6 nitrogen and oxygen atoms in total. The van der Waals surface area contributed by atoms with Crippen molar-refractivity contribution in [2.75, 3.05) is 26.7 Å². The number of rotatable bonds is 4. The Morgan fingerprint density at radius 3 is 2.67 bits per heavy atom. The summed E-state index contributed by atoms with van der Waals surface area (Å²) in [4.78, 5) is 23.8. The third-order valence-electron chi connectivity index (χ3n) is 2.86. The zero-order chi connectivity index (χ0) is 13.7. The van der Waals surface area contributed by atoms with Crippen LogP contribution in [0.25, 0.3) is 0 Å². The van der Waals surface area contributed by atoms with Gasteiger partial charge in [0.25, 0.3) is 6.43 Å². The quantitative estimate of drug-likeness (QED) is 0.688. The number of hydrogen-bond donors (Lipinski definition) is 2. The molecular formula is C10H17F2N3O3. The van der Waals surface area contributed by atoms with Gasteiger partial charge < -0.3 is 20.7 Å². The van der Waals surface area contributed by atoms with Gasteiger partial charge >= 0.3 is 12.0 Å². The van der Waals surface area contributed by atoms with Gasteiger partial charge in [0.2, 0.25) is 0 Å². The normalized spacial score (nSPS) is 24.1. The molecule has 18 heavy (non-hydrogen) atoms. The summed E-state index contributed by atoms with van der Waals surface area (Å²) >= 11 is 0. The van der Waals surface area contributed by atoms with Gasteiger partial charge in [-0.15, -0.1) is 0 Å². The number of piperidine rings is 1. The van der Waals surface area contributed by atoms with Crippen LogP contribution < -0.4 is 11.1 Å². The van der Waals surface area contributed by atoms with Gasteiger partial charge in [-0.1, -0.05) is 0 Å². The van der Waals surface area contributed by atoms with Gasteiger partial charge in [0.05, 0.1) is 19.6 Å². The van der Waals surface area contributed by atoms with Crippen LogP contribution in [0, 0.1) is 5.92 Å². The first-order valence-corrected chi connectivity index (χ1v) is 5.57. The molecule has 3 N–H and O–H groups in total. The van der Waals surface area contributed by atoms with E-state index in [0.717, 1.165) is 0 Å². The van der Waals surface area contributed by atoms with Crippen LogP contribution in [0.3, 0.4) is 0 Å². The van der Waals surface area contributed by atoms with Crippen molar-refractivity contribution in [2.45, 2.75) is 18.9 Å². The highest BCUT2D eigenvalue weighted by Gasteiger charge is 2.33. The Hall–Kier alpha value is -1.44. The van der Waals surface area contributed by atoms with E-state index in [9.17, 15) is 18.4 Å². The summed E-state index contributed by atoms with van der Waals surface area (Å²) in [7, 11) is 1.24. The number of likely N-dealkylation sites (tertiary alicyclic amines) is 1. The van der Waals surface area contributed by atoms with Crippen molar-refractivity contribution >= 4 is 12.0 Å². The number of ether oxygens (including phenoxy) is 1. The highest BCUT2D eigenvalue weighted by atomic mass is 19.3. The zero-order valence-corrected chi connectivity index (χ0v) is 10.1. The standard InChI is InChI=1S/C10H17F2N3O3/c1-18-9(16)6-2-7(14-3-8(11)12)5-15(4-6)10(13)17/h6-8,14H,2-5H2,1H3,(H2,13,17). The van der Waals surface area contributed by atoms with Crippen molar-refractivity contribution in [1.82, 2.24) is 10.2 Å². The number of esters is 1. The molecule has 2 atom stereocenters. The molecule has 0 radical (unpaired) electrons. The lowest BCUT2D eigenvalue weighted by Crippen LogP contribution is -2.54. The third kappa shape index (κ3) is 4.10. The first kappa shape index (κ1) is 14.6. The monoisotopic (exact) mass is 265 g/mol. The van der Waals surface area contributed by atoms with E-state index in [1.54, 1.807) is 0 Å². The summed E-state index contributed by atoms with van der Waals surface area (Å²) in [5.41, 5.74) is 5.15. The molecule has 0 aromatic carbocycles. The molecule has 0 aromatic heterocycles. The van der Waals surface area contributed by atoms with E-state index in [2.05, 4.69) is 10.1 Å². The number of halogens is 2. The number of amides is 2. The van der Waals surface area contributed by atoms with Crippen LogP contribution in [0.15, 0.2) is 0 Å². The molecule has 1 fully saturated rings. The Morgan fingerprint density at radius 1 is 1.50 bits per heavy atom. The van der Waals surface area contributed by atoms with Crippen molar-refractivity contribution in [3.05, 3.63) is 0 Å². The van der Waals surface area contributed by atoms with E-state index >= 15 is 0 Å². The van der Waals surface area contributed by atoms with Crippen molar-refractivity contribution in [3.63, 3.8) is 0 Å². The Labute approximate surface area is 103 Å². The molecule has 0 aliphatic carbocycles. The van der Waals surface area contributed by atoms with E-state index in [0.29, 0.717) is 6.42 Å². The predicted molar refractivity (Wildman–Crippen MR) is 59.1 cm³/mol. The van der Waals surface area contributed by atoms with Crippen molar-refractivity contribution in [3.8, 4) is 0 Å². The zero-order valence-electron chi connectivity index (χ0n) is 10.1. The molecule has 8 heteroatoms. The fraction of sp³-hybridized carbons (Fsp3) is 0.800. The second kappa shape index (κ2) is 6.48. The van der Waals surface area contributed by atoms with E-state index in [-0.39, 0.29) is 19.1 Å². The number of urea groups is 1. The van der Waals surface area contributed by atoms with Crippen LogP contribution >= 0.6 is 0 Å². The van der Waals surface area contributed by atoms with Crippen LogP contribution in [-0.2, 0) is 9.53 Å². The molecule has 1 aliphatic heterocycles. The van der Waals surface area contributed by atoms with Gasteiger partial charge in [0, 0.05) is 19.1 Å². The summed E-state index contributed by atoms with van der Waals surface area (Å²) in [6, 6.07) is -1.06. The summed E-state index contributed by atoms with van der Waals surface area (Å²) in [6.45, 7) is -0.102. The van der Waals surface area contributed by atoms with Gasteiger partial charge in [0.1, 0.15) is 0 Å². The lowest BCUT2D eigenvalue weighted by Gasteiger charge is -2.36. The minimum absolute atomic E-state index is 0.162. The molecule has 0 saturated carbocycles. The molecule has 1 aliphatic rings. The second-order valence-electron chi connectivity index (χ2n) is 4.20. The maximum absolute atomic E-state index is 12.1. The van der Waals surface area contributed by atoms with E-state index < -0.39 is 30.9 Å². The average Bonchev–Trinajstić information content (AvgIpc) is 2.34. The van der Waals surface area contributed by atoms with E-state index in [1.807, 2.05) is 0 Å². The van der Waals surface area contributed by atoms with Crippen LogP contribution in [0.5, 0.6) is 0 Å². The molecular weight excluding hydrogens is 248 g/mol. The van der Waals surface area contributed by atoms with Gasteiger partial charge in [-0.05, 0) is 6.42 Å². The second-order valence-corrected chi connectivity index (χ2v) is 4.20. The SMILES string of the molecule is COC(=O)C1CC(NCC(F)F)CN(C(N)=O)C1. The van der Waals surface area contributed by atoms with Gasteiger partial charge in [-0.2, -0.15) is 0 Å². The number of nitrogens with zero attached hydrogens (tertiary/aromatic N) is 1. The number of alkyl halides is 2. The van der Waals surface area contributed by atoms with Crippen molar-refractivity contribution < 1.29 is 23.1 Å². The maximum Gasteiger partial charge on any atom is 0.314 e. The molecule has 0 bridgehead atoms. The van der Waals surface area contributed by atoms with Crippen LogP contribution in [0.2, 0.25) is 0 Å². The Balaban J connectivity index is 2.62. The summed E-state index contributed by atoms with van der Waals surface area (Å²) in [5.74, 6) is -1.00. The maximum atomic E-state index is 12.1. The topological polar surface area (TPSA) is 84.7 Å². The number of methoxy groups -OCH3 is 1. The lowest BCUT2D eigenvalue weighted by atomic mass is 9.94. The lowest BCUT2D eigenvalue weighted by molar-refractivity contribution is -0.147.